The van der Waals surface area contributed by atoms with Crippen molar-refractivity contribution >= 4 is 13.1 Å². The first-order valence-corrected chi connectivity index (χ1v) is 4.22. The second kappa shape index (κ2) is 7.08. The SMILES string of the molecule is CN(C)C1C=CC(=[N+]=[N-])C=C1.OB(O)F. The molecule has 0 amide bonds. The third-order valence-corrected chi connectivity index (χ3v) is 1.64. The summed E-state index contributed by atoms with van der Waals surface area (Å²) in [6, 6.07) is 0.320. The Labute approximate surface area is 88.0 Å². The Morgan fingerprint density at radius 1 is 1.40 bits per heavy atom. The highest BCUT2D eigenvalue weighted by Gasteiger charge is 2.10. The molecule has 15 heavy (non-hydrogen) atoms. The van der Waals surface area contributed by atoms with Gasteiger partial charge in [0, 0.05) is 18.2 Å². The van der Waals surface area contributed by atoms with Gasteiger partial charge in [-0.3, -0.25) is 9.22 Å². The van der Waals surface area contributed by atoms with E-state index in [0.29, 0.717) is 11.8 Å². The van der Waals surface area contributed by atoms with E-state index in [9.17, 15) is 4.32 Å². The van der Waals surface area contributed by atoms with Crippen LogP contribution in [0.3, 0.4) is 0 Å². The van der Waals surface area contributed by atoms with Crippen LogP contribution >= 0.6 is 0 Å². The van der Waals surface area contributed by atoms with Crippen molar-refractivity contribution in [3.63, 3.8) is 0 Å². The molecule has 0 atom stereocenters. The average Bonchev–Trinajstić information content (AvgIpc) is 2.17. The lowest BCUT2D eigenvalue weighted by atomic mass is 10.1. The maximum Gasteiger partial charge on any atom is 0.674 e. The standard InChI is InChI=1S/C8H11N3.BFH2O2/c1-11(2)8-5-3-7(10-9)4-6-8;2-1(3)4/h3-6,8H,1-2H3;3-4H. The van der Waals surface area contributed by atoms with Crippen molar-refractivity contribution in [2.75, 3.05) is 14.1 Å². The molecule has 2 N–H and O–H groups in total. The van der Waals surface area contributed by atoms with Gasteiger partial charge < -0.3 is 15.6 Å². The Bertz CT molecular complexity index is 280. The molecule has 82 valence electrons. The van der Waals surface area contributed by atoms with Gasteiger partial charge in [-0.25, -0.2) is 0 Å². The van der Waals surface area contributed by atoms with E-state index in [-0.39, 0.29) is 0 Å². The highest BCUT2D eigenvalue weighted by Crippen LogP contribution is 2.03. The lowest BCUT2D eigenvalue weighted by Crippen LogP contribution is -2.25. The van der Waals surface area contributed by atoms with Crippen molar-refractivity contribution in [2.24, 2.45) is 0 Å². The molecule has 0 saturated heterocycles. The van der Waals surface area contributed by atoms with Crippen LogP contribution in [0.4, 0.5) is 4.32 Å². The minimum absolute atomic E-state index is 0.320. The number of hydrogen-bond acceptors (Lipinski definition) is 3. The molecule has 0 saturated carbocycles. The summed E-state index contributed by atoms with van der Waals surface area (Å²) in [6.07, 6.45) is 7.56. The van der Waals surface area contributed by atoms with Crippen molar-refractivity contribution in [2.45, 2.75) is 6.04 Å². The molecule has 1 rings (SSSR count). The van der Waals surface area contributed by atoms with Crippen molar-refractivity contribution in [1.82, 2.24) is 4.90 Å². The first-order valence-electron chi connectivity index (χ1n) is 4.22. The third kappa shape index (κ3) is 6.76. The van der Waals surface area contributed by atoms with Gasteiger partial charge in [0.25, 0.3) is 0 Å². The predicted molar refractivity (Wildman–Crippen MR) is 55.7 cm³/mol. The second-order valence-corrected chi connectivity index (χ2v) is 3.01. The first-order chi connectivity index (χ1) is 6.97. The monoisotopic (exact) mass is 213 g/mol. The van der Waals surface area contributed by atoms with Crippen molar-refractivity contribution in [1.29, 1.82) is 0 Å². The molecule has 0 aromatic heterocycles. The van der Waals surface area contributed by atoms with E-state index < -0.39 is 7.40 Å². The highest BCUT2D eigenvalue weighted by atomic mass is 19.1. The quantitative estimate of drug-likeness (QED) is 0.354. The largest absolute Gasteiger partial charge is 0.674 e. The minimum Gasteiger partial charge on any atom is -0.398 e. The van der Waals surface area contributed by atoms with Crippen LogP contribution in [0.1, 0.15) is 0 Å². The topological polar surface area (TPSA) is 80.1 Å². The van der Waals surface area contributed by atoms with Crippen LogP contribution < -0.4 is 0 Å². The van der Waals surface area contributed by atoms with Crippen LogP contribution in [-0.2, 0) is 0 Å². The zero-order valence-corrected chi connectivity index (χ0v) is 8.58. The number of halogens is 1. The number of nitrogens with zero attached hydrogens (tertiary/aromatic N) is 3. The Morgan fingerprint density at radius 3 is 2.07 bits per heavy atom. The molecule has 0 spiro atoms. The minimum atomic E-state index is -2.67. The van der Waals surface area contributed by atoms with Gasteiger partial charge in [0.1, 0.15) is 0 Å². The molecule has 7 heteroatoms. The van der Waals surface area contributed by atoms with Gasteiger partial charge in [-0.05, 0) is 14.1 Å². The molecule has 1 aliphatic rings. The van der Waals surface area contributed by atoms with Crippen LogP contribution in [0.25, 0.3) is 5.53 Å². The molecule has 1 aliphatic carbocycles. The Morgan fingerprint density at radius 2 is 1.80 bits per heavy atom. The van der Waals surface area contributed by atoms with Crippen molar-refractivity contribution < 1.29 is 19.2 Å². The van der Waals surface area contributed by atoms with Gasteiger partial charge in [-0.2, -0.15) is 4.79 Å². The van der Waals surface area contributed by atoms with E-state index in [4.69, 9.17) is 15.6 Å². The summed E-state index contributed by atoms with van der Waals surface area (Å²) < 4.78 is 10.1. The molecule has 0 aromatic rings. The van der Waals surface area contributed by atoms with E-state index in [1.165, 1.54) is 0 Å². The van der Waals surface area contributed by atoms with Gasteiger partial charge in [-0.1, -0.05) is 12.2 Å². The number of likely N-dealkylation sites (N-methyl/N-ethyl adjacent to an activating group) is 1. The number of allylic oxidation sites excluding steroid dienone is 2. The maximum absolute atomic E-state index is 10.1. The lowest BCUT2D eigenvalue weighted by molar-refractivity contribution is -0.00170. The predicted octanol–water partition coefficient (Wildman–Crippen LogP) is -0.361. The van der Waals surface area contributed by atoms with E-state index in [1.54, 1.807) is 12.2 Å². The molecule has 0 unspecified atom stereocenters. The van der Waals surface area contributed by atoms with Gasteiger partial charge in [0.05, 0.1) is 0 Å². The van der Waals surface area contributed by atoms with Crippen molar-refractivity contribution in [3.05, 3.63) is 29.8 Å². The molecule has 0 radical (unpaired) electrons. The molecule has 5 nitrogen and oxygen atoms in total. The zero-order chi connectivity index (χ0) is 11.8. The van der Waals surface area contributed by atoms with Crippen LogP contribution in [0, 0.1) is 0 Å². The Kier molecular flexibility index (Phi) is 6.49. The summed E-state index contributed by atoms with van der Waals surface area (Å²) in [5.74, 6) is 0. The van der Waals surface area contributed by atoms with Gasteiger partial charge >= 0.3 is 13.1 Å². The molecule has 0 aromatic carbocycles. The van der Waals surface area contributed by atoms with Crippen molar-refractivity contribution in [3.8, 4) is 0 Å². The fourth-order valence-electron chi connectivity index (χ4n) is 0.925. The Balaban J connectivity index is 0.000000423. The zero-order valence-electron chi connectivity index (χ0n) is 8.58. The smallest absolute Gasteiger partial charge is 0.398 e. The molecule has 0 heterocycles. The fourth-order valence-corrected chi connectivity index (χ4v) is 0.925. The van der Waals surface area contributed by atoms with Crippen LogP contribution in [0.2, 0.25) is 0 Å². The van der Waals surface area contributed by atoms with Crippen LogP contribution in [0.5, 0.6) is 0 Å². The second-order valence-electron chi connectivity index (χ2n) is 3.01. The van der Waals surface area contributed by atoms with E-state index in [2.05, 4.69) is 9.69 Å². The molecule has 0 bridgehead atoms. The summed E-state index contributed by atoms with van der Waals surface area (Å²) in [5.41, 5.74) is 8.99. The normalized spacial score (nSPS) is 18.3. The number of rotatable bonds is 1. The number of hydrogen-bond donors (Lipinski definition) is 2. The molecular weight excluding hydrogens is 200 g/mol. The van der Waals surface area contributed by atoms with Gasteiger partial charge in [-0.15, -0.1) is 0 Å². The summed E-state index contributed by atoms with van der Waals surface area (Å²) in [4.78, 5) is 5.14. The van der Waals surface area contributed by atoms with E-state index in [0.717, 1.165) is 0 Å². The maximum atomic E-state index is 10.1. The van der Waals surface area contributed by atoms with E-state index >= 15 is 0 Å². The van der Waals surface area contributed by atoms with Gasteiger partial charge in [0.15, 0.2) is 0 Å². The highest BCUT2D eigenvalue weighted by molar-refractivity contribution is 6.31. The Hall–Kier alpha value is -1.27. The first kappa shape index (κ1) is 13.7. The third-order valence-electron chi connectivity index (χ3n) is 1.64. The molecular formula is C8H13BFN3O2. The van der Waals surface area contributed by atoms with Crippen LogP contribution in [-0.4, -0.2) is 53.0 Å². The van der Waals surface area contributed by atoms with Crippen LogP contribution in [0.15, 0.2) is 24.3 Å². The summed E-state index contributed by atoms with van der Waals surface area (Å²) in [6.45, 7) is 0. The fraction of sp³-hybridized carbons (Fsp3) is 0.375. The molecule has 0 fully saturated rings. The summed E-state index contributed by atoms with van der Waals surface area (Å²) in [7, 11) is 1.33. The lowest BCUT2D eigenvalue weighted by Gasteiger charge is -2.17. The van der Waals surface area contributed by atoms with E-state index in [1.807, 2.05) is 26.2 Å². The summed E-state index contributed by atoms with van der Waals surface area (Å²) in [5, 5.41) is 13.9. The molecule has 0 aliphatic heterocycles. The van der Waals surface area contributed by atoms with Gasteiger partial charge in [0.2, 0.25) is 0 Å². The summed E-state index contributed by atoms with van der Waals surface area (Å²) >= 11 is 0. The average molecular weight is 213 g/mol.